The van der Waals surface area contributed by atoms with E-state index in [0.717, 1.165) is 5.56 Å². The van der Waals surface area contributed by atoms with E-state index in [1.165, 1.54) is 19.1 Å². The topological polar surface area (TPSA) is 92.4 Å². The van der Waals surface area contributed by atoms with Gasteiger partial charge in [0.05, 0.1) is 5.56 Å². The van der Waals surface area contributed by atoms with Crippen molar-refractivity contribution < 1.29 is 14.7 Å². The molecule has 16 heavy (non-hydrogen) atoms. The second-order valence-corrected chi connectivity index (χ2v) is 3.45. The van der Waals surface area contributed by atoms with E-state index in [-0.39, 0.29) is 11.5 Å². The molecule has 0 unspecified atom stereocenters. The van der Waals surface area contributed by atoms with Crippen molar-refractivity contribution in [2.45, 2.75) is 13.3 Å². The van der Waals surface area contributed by atoms with Crippen LogP contribution in [0.4, 0.5) is 5.69 Å². The lowest BCUT2D eigenvalue weighted by atomic mass is 10.1. The smallest absolute Gasteiger partial charge is 0.335 e. The molecule has 0 aliphatic rings. The third-order valence-electron chi connectivity index (χ3n) is 2.16. The van der Waals surface area contributed by atoms with Gasteiger partial charge >= 0.3 is 5.97 Å². The fourth-order valence-electron chi connectivity index (χ4n) is 1.33. The Morgan fingerprint density at radius 3 is 2.62 bits per heavy atom. The Labute approximate surface area is 93.3 Å². The maximum absolute atomic E-state index is 10.7. The summed E-state index contributed by atoms with van der Waals surface area (Å²) in [6, 6.07) is 4.59. The second-order valence-electron chi connectivity index (χ2n) is 3.45. The van der Waals surface area contributed by atoms with Gasteiger partial charge in [-0.15, -0.1) is 0 Å². The Morgan fingerprint density at radius 2 is 2.12 bits per heavy atom. The molecule has 0 spiro atoms. The summed E-state index contributed by atoms with van der Waals surface area (Å²) in [5, 5.41) is 11.4. The minimum atomic E-state index is -1.000. The van der Waals surface area contributed by atoms with Crippen molar-refractivity contribution in [1.82, 2.24) is 5.32 Å². The van der Waals surface area contributed by atoms with Crippen LogP contribution in [0.25, 0.3) is 0 Å². The van der Waals surface area contributed by atoms with Crippen molar-refractivity contribution in [3.05, 3.63) is 29.3 Å². The molecule has 0 radical (unpaired) electrons. The molecule has 0 aliphatic heterocycles. The molecule has 1 amide bonds. The molecule has 0 aromatic heterocycles. The highest BCUT2D eigenvalue weighted by atomic mass is 16.4. The molecule has 5 heteroatoms. The number of amides is 1. The molecule has 4 N–H and O–H groups in total. The number of carbonyl (C=O) groups excluding carboxylic acids is 1. The van der Waals surface area contributed by atoms with Crippen LogP contribution in [0.1, 0.15) is 22.8 Å². The van der Waals surface area contributed by atoms with Crippen LogP contribution < -0.4 is 11.1 Å². The summed E-state index contributed by atoms with van der Waals surface area (Å²) >= 11 is 0. The number of nitrogens with one attached hydrogen (secondary N) is 1. The molecule has 0 saturated heterocycles. The number of hydrogen-bond donors (Lipinski definition) is 3. The fourth-order valence-corrected chi connectivity index (χ4v) is 1.33. The second kappa shape index (κ2) is 5.16. The van der Waals surface area contributed by atoms with Crippen molar-refractivity contribution in [3.8, 4) is 0 Å². The molecule has 0 heterocycles. The minimum absolute atomic E-state index is 0.0965. The highest BCUT2D eigenvalue weighted by Gasteiger charge is 2.06. The maximum atomic E-state index is 10.7. The number of hydrogen-bond acceptors (Lipinski definition) is 3. The molecule has 1 rings (SSSR count). The summed E-state index contributed by atoms with van der Waals surface area (Å²) in [6.07, 6.45) is 0.589. The highest BCUT2D eigenvalue weighted by Crippen LogP contribution is 2.14. The summed E-state index contributed by atoms with van der Waals surface area (Å²) in [5.74, 6) is -1.10. The van der Waals surface area contributed by atoms with E-state index in [9.17, 15) is 9.59 Å². The van der Waals surface area contributed by atoms with Crippen LogP contribution in [0.5, 0.6) is 0 Å². The zero-order valence-corrected chi connectivity index (χ0v) is 8.99. The quantitative estimate of drug-likeness (QED) is 0.652. The minimum Gasteiger partial charge on any atom is -0.478 e. The van der Waals surface area contributed by atoms with Gasteiger partial charge in [0.2, 0.25) is 5.91 Å². The third kappa shape index (κ3) is 3.27. The number of carboxylic acid groups (broad SMARTS) is 1. The van der Waals surface area contributed by atoms with Crippen LogP contribution in [-0.4, -0.2) is 23.5 Å². The maximum Gasteiger partial charge on any atom is 0.335 e. The number of rotatable bonds is 4. The lowest BCUT2D eigenvalue weighted by Gasteiger charge is -2.07. The first-order valence-corrected chi connectivity index (χ1v) is 4.87. The number of nitrogen functional groups attached to an aromatic ring is 1. The van der Waals surface area contributed by atoms with Gasteiger partial charge in [-0.2, -0.15) is 0 Å². The van der Waals surface area contributed by atoms with Gasteiger partial charge in [-0.3, -0.25) is 4.79 Å². The van der Waals surface area contributed by atoms with Gasteiger partial charge in [0, 0.05) is 19.2 Å². The van der Waals surface area contributed by atoms with E-state index in [2.05, 4.69) is 5.32 Å². The van der Waals surface area contributed by atoms with Crippen molar-refractivity contribution in [3.63, 3.8) is 0 Å². The molecule has 0 fully saturated rings. The van der Waals surface area contributed by atoms with Gasteiger partial charge in [0.25, 0.3) is 0 Å². The number of nitrogens with two attached hydrogens (primary N) is 1. The average molecular weight is 222 g/mol. The Balaban J connectivity index is 2.68. The van der Waals surface area contributed by atoms with Crippen molar-refractivity contribution >= 4 is 17.6 Å². The number of carboxylic acids is 1. The SMILES string of the molecule is CC(=O)NCCc1ccc(C(=O)O)cc1N. The fraction of sp³-hybridized carbons (Fsp3) is 0.273. The molecule has 0 saturated carbocycles. The third-order valence-corrected chi connectivity index (χ3v) is 2.16. The van der Waals surface area contributed by atoms with Crippen molar-refractivity contribution in [1.29, 1.82) is 0 Å². The Hall–Kier alpha value is -2.04. The zero-order chi connectivity index (χ0) is 12.1. The van der Waals surface area contributed by atoms with E-state index < -0.39 is 5.97 Å². The highest BCUT2D eigenvalue weighted by molar-refractivity contribution is 5.89. The van der Waals surface area contributed by atoms with Crippen LogP contribution >= 0.6 is 0 Å². The van der Waals surface area contributed by atoms with E-state index in [1.54, 1.807) is 6.07 Å². The molecule has 1 aromatic carbocycles. The Morgan fingerprint density at radius 1 is 1.44 bits per heavy atom. The standard InChI is InChI=1S/C11H14N2O3/c1-7(14)13-5-4-8-2-3-9(11(15)16)6-10(8)12/h2-3,6H,4-5,12H2,1H3,(H,13,14)(H,15,16). The monoisotopic (exact) mass is 222 g/mol. The first-order chi connectivity index (χ1) is 7.50. The summed E-state index contributed by atoms with van der Waals surface area (Å²) in [6.45, 7) is 1.93. The number of aromatic carboxylic acids is 1. The van der Waals surface area contributed by atoms with E-state index in [0.29, 0.717) is 18.7 Å². The number of benzene rings is 1. The first-order valence-electron chi connectivity index (χ1n) is 4.87. The molecular formula is C11H14N2O3. The van der Waals surface area contributed by atoms with Crippen LogP contribution in [0.2, 0.25) is 0 Å². The van der Waals surface area contributed by atoms with Crippen molar-refractivity contribution in [2.24, 2.45) is 0 Å². The molecule has 1 aromatic rings. The Kier molecular flexibility index (Phi) is 3.88. The molecule has 0 bridgehead atoms. The first kappa shape index (κ1) is 12.0. The summed E-state index contributed by atoms with van der Waals surface area (Å²) in [7, 11) is 0. The number of carbonyl (C=O) groups is 2. The lowest BCUT2D eigenvalue weighted by molar-refractivity contribution is -0.118. The van der Waals surface area contributed by atoms with E-state index in [4.69, 9.17) is 10.8 Å². The van der Waals surface area contributed by atoms with Crippen molar-refractivity contribution in [2.75, 3.05) is 12.3 Å². The Bertz CT molecular complexity index is 416. The van der Waals surface area contributed by atoms with Gasteiger partial charge < -0.3 is 16.2 Å². The lowest BCUT2D eigenvalue weighted by Crippen LogP contribution is -2.22. The van der Waals surface area contributed by atoms with Crippen LogP contribution in [-0.2, 0) is 11.2 Å². The van der Waals surface area contributed by atoms with Gasteiger partial charge in [0.1, 0.15) is 0 Å². The predicted octanol–water partition coefficient (Wildman–Crippen LogP) is 0.646. The van der Waals surface area contributed by atoms with E-state index in [1.807, 2.05) is 0 Å². The number of anilines is 1. The van der Waals surface area contributed by atoms with Crippen LogP contribution in [0.15, 0.2) is 18.2 Å². The molecule has 0 atom stereocenters. The van der Waals surface area contributed by atoms with Gasteiger partial charge in [-0.1, -0.05) is 6.07 Å². The molecular weight excluding hydrogens is 208 g/mol. The van der Waals surface area contributed by atoms with Gasteiger partial charge in [-0.05, 0) is 24.1 Å². The molecule has 86 valence electrons. The van der Waals surface area contributed by atoms with E-state index >= 15 is 0 Å². The largest absolute Gasteiger partial charge is 0.478 e. The van der Waals surface area contributed by atoms with Gasteiger partial charge in [-0.25, -0.2) is 4.79 Å². The zero-order valence-electron chi connectivity index (χ0n) is 8.99. The summed E-state index contributed by atoms with van der Waals surface area (Å²) < 4.78 is 0. The average Bonchev–Trinajstić information content (AvgIpc) is 2.19. The predicted molar refractivity (Wildman–Crippen MR) is 60.2 cm³/mol. The normalized spacial score (nSPS) is 9.81. The van der Waals surface area contributed by atoms with Crippen LogP contribution in [0, 0.1) is 0 Å². The van der Waals surface area contributed by atoms with Crippen LogP contribution in [0.3, 0.4) is 0 Å². The summed E-state index contributed by atoms with van der Waals surface area (Å²) in [4.78, 5) is 21.3. The molecule has 5 nitrogen and oxygen atoms in total. The molecule has 0 aliphatic carbocycles. The van der Waals surface area contributed by atoms with Gasteiger partial charge in [0.15, 0.2) is 0 Å². The summed E-state index contributed by atoms with van der Waals surface area (Å²) in [5.41, 5.74) is 7.13.